The van der Waals surface area contributed by atoms with Gasteiger partial charge in [-0.2, -0.15) is 11.8 Å². The SMILES string of the molecule is O=C(N[C@@H](CO)c1ccccc1)[C@H]1CCCC[C@H]1c1ccc(CN(C(=O)N2CCSCC2)c2ccccc2)cc1. The van der Waals surface area contributed by atoms with Gasteiger partial charge in [0, 0.05) is 36.2 Å². The van der Waals surface area contributed by atoms with E-state index in [0.717, 1.165) is 72.7 Å². The van der Waals surface area contributed by atoms with Crippen molar-refractivity contribution in [2.24, 2.45) is 5.92 Å². The van der Waals surface area contributed by atoms with E-state index in [4.69, 9.17) is 0 Å². The number of para-hydroxylation sites is 1. The minimum Gasteiger partial charge on any atom is -0.394 e. The van der Waals surface area contributed by atoms with Gasteiger partial charge in [0.1, 0.15) is 0 Å². The Hall–Kier alpha value is -3.29. The van der Waals surface area contributed by atoms with E-state index in [1.807, 2.05) is 82.2 Å². The molecule has 0 aromatic heterocycles. The number of carbonyl (C=O) groups excluding carboxylic acids is 2. The Morgan fingerprint density at radius 2 is 1.55 bits per heavy atom. The van der Waals surface area contributed by atoms with Gasteiger partial charge >= 0.3 is 6.03 Å². The summed E-state index contributed by atoms with van der Waals surface area (Å²) in [5, 5.41) is 13.1. The zero-order valence-corrected chi connectivity index (χ0v) is 23.8. The number of nitrogens with one attached hydrogen (secondary N) is 1. The van der Waals surface area contributed by atoms with Crippen LogP contribution in [0.5, 0.6) is 0 Å². The number of nitrogens with zero attached hydrogens (tertiary/aromatic N) is 2. The molecule has 1 aliphatic carbocycles. The Balaban J connectivity index is 1.30. The third-order valence-corrected chi connectivity index (χ3v) is 9.08. The Bertz CT molecular complexity index is 1230. The number of anilines is 1. The molecule has 1 saturated heterocycles. The molecule has 1 saturated carbocycles. The molecule has 2 N–H and O–H groups in total. The minimum absolute atomic E-state index is 0.0113. The molecular weight excluding hydrogens is 518 g/mol. The van der Waals surface area contributed by atoms with E-state index >= 15 is 0 Å². The molecule has 3 atom stereocenters. The number of benzene rings is 3. The molecule has 3 aromatic carbocycles. The van der Waals surface area contributed by atoms with E-state index in [1.165, 1.54) is 0 Å². The molecule has 0 bridgehead atoms. The van der Waals surface area contributed by atoms with Crippen LogP contribution in [-0.2, 0) is 11.3 Å². The number of rotatable bonds is 8. The molecule has 210 valence electrons. The maximum atomic E-state index is 13.5. The molecule has 2 fully saturated rings. The zero-order chi connectivity index (χ0) is 27.7. The molecule has 3 aromatic rings. The average Bonchev–Trinajstić information content (AvgIpc) is 3.03. The highest BCUT2D eigenvalue weighted by Gasteiger charge is 2.33. The molecule has 0 radical (unpaired) electrons. The van der Waals surface area contributed by atoms with Crippen molar-refractivity contribution in [3.05, 3.63) is 102 Å². The van der Waals surface area contributed by atoms with Crippen molar-refractivity contribution in [2.45, 2.75) is 44.2 Å². The van der Waals surface area contributed by atoms with Gasteiger partial charge in [-0.15, -0.1) is 0 Å². The molecule has 0 unspecified atom stereocenters. The number of thioether (sulfide) groups is 1. The lowest BCUT2D eigenvalue weighted by molar-refractivity contribution is -0.127. The summed E-state index contributed by atoms with van der Waals surface area (Å²) in [7, 11) is 0. The largest absolute Gasteiger partial charge is 0.394 e. The third kappa shape index (κ3) is 6.88. The van der Waals surface area contributed by atoms with Gasteiger partial charge in [-0.25, -0.2) is 4.79 Å². The summed E-state index contributed by atoms with van der Waals surface area (Å²) in [5.74, 6) is 1.97. The lowest BCUT2D eigenvalue weighted by Crippen LogP contribution is -2.46. The van der Waals surface area contributed by atoms with Crippen LogP contribution < -0.4 is 10.2 Å². The van der Waals surface area contributed by atoms with Crippen LogP contribution in [0, 0.1) is 5.92 Å². The zero-order valence-electron chi connectivity index (χ0n) is 23.0. The average molecular weight is 558 g/mol. The molecular formula is C33H39N3O3S. The first-order valence-electron chi connectivity index (χ1n) is 14.4. The lowest BCUT2D eigenvalue weighted by Gasteiger charge is -2.33. The van der Waals surface area contributed by atoms with Gasteiger partial charge in [-0.05, 0) is 47.6 Å². The maximum Gasteiger partial charge on any atom is 0.324 e. The van der Waals surface area contributed by atoms with Crippen LogP contribution in [-0.4, -0.2) is 53.1 Å². The van der Waals surface area contributed by atoms with Gasteiger partial charge in [0.15, 0.2) is 0 Å². The summed E-state index contributed by atoms with van der Waals surface area (Å²) >= 11 is 1.89. The van der Waals surface area contributed by atoms with Crippen molar-refractivity contribution >= 4 is 29.4 Å². The first kappa shape index (κ1) is 28.2. The second-order valence-corrected chi connectivity index (χ2v) is 11.9. The van der Waals surface area contributed by atoms with Crippen LogP contribution in [0.4, 0.5) is 10.5 Å². The van der Waals surface area contributed by atoms with E-state index in [2.05, 4.69) is 29.6 Å². The van der Waals surface area contributed by atoms with E-state index in [9.17, 15) is 14.7 Å². The predicted octanol–water partition coefficient (Wildman–Crippen LogP) is 5.99. The van der Waals surface area contributed by atoms with Crippen LogP contribution in [0.25, 0.3) is 0 Å². The van der Waals surface area contributed by atoms with E-state index < -0.39 is 6.04 Å². The first-order valence-corrected chi connectivity index (χ1v) is 15.5. The number of urea groups is 1. The number of carbonyl (C=O) groups is 2. The molecule has 1 heterocycles. The third-order valence-electron chi connectivity index (χ3n) is 8.13. The van der Waals surface area contributed by atoms with E-state index in [1.54, 1.807) is 0 Å². The molecule has 1 aliphatic heterocycles. The number of aliphatic hydroxyl groups is 1. The monoisotopic (exact) mass is 557 g/mol. The Morgan fingerprint density at radius 3 is 2.23 bits per heavy atom. The van der Waals surface area contributed by atoms with Gasteiger partial charge in [0.05, 0.1) is 19.2 Å². The standard InChI is InChI=1S/C33H39N3O3S/c37-24-31(27-9-3-1-4-10-27)34-32(38)30-14-8-7-13-29(30)26-17-15-25(16-18-26)23-36(28-11-5-2-6-12-28)33(39)35-19-21-40-22-20-35/h1-6,9-12,15-18,29-31,37H,7-8,13-14,19-24H2,(H,34,38)/t29-,30-,31-/m0/s1. The van der Waals surface area contributed by atoms with Crippen LogP contribution >= 0.6 is 11.8 Å². The van der Waals surface area contributed by atoms with Crippen molar-refractivity contribution in [1.29, 1.82) is 0 Å². The minimum atomic E-state index is -0.404. The van der Waals surface area contributed by atoms with Crippen molar-refractivity contribution in [2.75, 3.05) is 36.1 Å². The Morgan fingerprint density at radius 1 is 0.900 bits per heavy atom. The molecule has 2 aliphatic rings. The molecule has 5 rings (SSSR count). The predicted molar refractivity (Wildman–Crippen MR) is 162 cm³/mol. The van der Waals surface area contributed by atoms with Gasteiger partial charge in [0.2, 0.25) is 5.91 Å². The fourth-order valence-electron chi connectivity index (χ4n) is 5.90. The van der Waals surface area contributed by atoms with Gasteiger partial charge in [-0.3, -0.25) is 9.69 Å². The van der Waals surface area contributed by atoms with Crippen LogP contribution in [0.15, 0.2) is 84.9 Å². The summed E-state index contributed by atoms with van der Waals surface area (Å²) in [6.45, 7) is 1.92. The van der Waals surface area contributed by atoms with Crippen molar-refractivity contribution in [3.63, 3.8) is 0 Å². The smallest absolute Gasteiger partial charge is 0.324 e. The second-order valence-electron chi connectivity index (χ2n) is 10.7. The van der Waals surface area contributed by atoms with Crippen molar-refractivity contribution in [3.8, 4) is 0 Å². The molecule has 40 heavy (non-hydrogen) atoms. The fraction of sp³-hybridized carbons (Fsp3) is 0.394. The number of hydrogen-bond acceptors (Lipinski definition) is 4. The highest BCUT2D eigenvalue weighted by Crippen LogP contribution is 2.38. The Labute approximate surface area is 241 Å². The molecule has 0 spiro atoms. The molecule has 7 heteroatoms. The number of hydrogen-bond donors (Lipinski definition) is 2. The Kier molecular flexibility index (Phi) is 9.79. The van der Waals surface area contributed by atoms with Gasteiger partial charge < -0.3 is 15.3 Å². The normalized spacial score (nSPS) is 20.0. The van der Waals surface area contributed by atoms with Crippen LogP contribution in [0.1, 0.15) is 54.3 Å². The van der Waals surface area contributed by atoms with Gasteiger partial charge in [0.25, 0.3) is 0 Å². The highest BCUT2D eigenvalue weighted by molar-refractivity contribution is 7.99. The van der Waals surface area contributed by atoms with Crippen LogP contribution in [0.2, 0.25) is 0 Å². The highest BCUT2D eigenvalue weighted by atomic mass is 32.2. The van der Waals surface area contributed by atoms with Gasteiger partial charge in [-0.1, -0.05) is 85.6 Å². The maximum absolute atomic E-state index is 13.5. The number of amides is 3. The summed E-state index contributed by atoms with van der Waals surface area (Å²) in [4.78, 5) is 30.8. The summed E-state index contributed by atoms with van der Waals surface area (Å²) in [6, 6.07) is 27.7. The summed E-state index contributed by atoms with van der Waals surface area (Å²) in [5.41, 5.74) is 4.04. The topological polar surface area (TPSA) is 72.9 Å². The van der Waals surface area contributed by atoms with Crippen LogP contribution in [0.3, 0.4) is 0 Å². The van der Waals surface area contributed by atoms with E-state index in [0.29, 0.717) is 6.54 Å². The molecule has 3 amide bonds. The quantitative estimate of drug-likeness (QED) is 0.357. The second kappa shape index (κ2) is 13.9. The summed E-state index contributed by atoms with van der Waals surface area (Å²) in [6.07, 6.45) is 3.94. The van der Waals surface area contributed by atoms with Crippen molar-refractivity contribution in [1.82, 2.24) is 10.2 Å². The fourth-order valence-corrected chi connectivity index (χ4v) is 6.80. The summed E-state index contributed by atoms with van der Waals surface area (Å²) < 4.78 is 0. The first-order chi connectivity index (χ1) is 19.6. The molecule has 6 nitrogen and oxygen atoms in total. The van der Waals surface area contributed by atoms with Crippen molar-refractivity contribution < 1.29 is 14.7 Å². The number of aliphatic hydroxyl groups excluding tert-OH is 1. The lowest BCUT2D eigenvalue weighted by atomic mass is 9.74. The van der Waals surface area contributed by atoms with E-state index in [-0.39, 0.29) is 30.4 Å².